The summed E-state index contributed by atoms with van der Waals surface area (Å²) in [5.41, 5.74) is 3.32. The molecule has 0 bridgehead atoms. The van der Waals surface area contributed by atoms with Crippen molar-refractivity contribution < 1.29 is 20.1 Å². The number of phenolic OH excluding ortho intramolecular Hbond substituents is 2. The second-order valence-corrected chi connectivity index (χ2v) is 8.58. The van der Waals surface area contributed by atoms with Crippen LogP contribution >= 0.6 is 11.6 Å². The molecule has 0 aliphatic heterocycles. The lowest BCUT2D eigenvalue weighted by Gasteiger charge is -2.18. The van der Waals surface area contributed by atoms with Crippen molar-refractivity contribution in [1.82, 2.24) is 10.6 Å². The highest BCUT2D eigenvalue weighted by atomic mass is 35.5. The fraction of sp³-hybridized carbons (Fsp3) is 0.269. The zero-order valence-electron chi connectivity index (χ0n) is 18.5. The number of halogens is 1. The second-order valence-electron chi connectivity index (χ2n) is 8.18. The number of benzene rings is 3. The van der Waals surface area contributed by atoms with Crippen molar-refractivity contribution in [2.45, 2.75) is 38.5 Å². The Labute approximate surface area is 198 Å². The summed E-state index contributed by atoms with van der Waals surface area (Å²) in [6.07, 6.45) is 0.131. The van der Waals surface area contributed by atoms with Crippen molar-refractivity contribution in [2.75, 3.05) is 6.54 Å². The molecule has 0 aliphatic rings. The molecule has 2 unspecified atom stereocenters. The molecule has 3 aromatic carbocycles. The van der Waals surface area contributed by atoms with Crippen LogP contribution < -0.4 is 10.6 Å². The van der Waals surface area contributed by atoms with E-state index in [4.69, 9.17) is 11.6 Å². The smallest absolute Gasteiger partial charge is 0.224 e. The number of aromatic hydroxyl groups is 2. The first-order valence-corrected chi connectivity index (χ1v) is 11.2. The van der Waals surface area contributed by atoms with Gasteiger partial charge in [-0.2, -0.15) is 0 Å². The van der Waals surface area contributed by atoms with Crippen LogP contribution in [-0.4, -0.2) is 33.8 Å². The third-order valence-corrected chi connectivity index (χ3v) is 5.67. The van der Waals surface area contributed by atoms with Crippen molar-refractivity contribution in [2.24, 2.45) is 0 Å². The minimum Gasteiger partial charge on any atom is -0.508 e. The number of rotatable bonds is 10. The van der Waals surface area contributed by atoms with E-state index >= 15 is 0 Å². The fourth-order valence-corrected chi connectivity index (χ4v) is 3.82. The Morgan fingerprint density at radius 1 is 0.970 bits per heavy atom. The van der Waals surface area contributed by atoms with Crippen molar-refractivity contribution in [3.63, 3.8) is 0 Å². The molecule has 0 aromatic heterocycles. The molecular weight excluding hydrogens is 440 g/mol. The van der Waals surface area contributed by atoms with Gasteiger partial charge in [-0.3, -0.25) is 4.79 Å². The average Bonchev–Trinajstić information content (AvgIpc) is 2.76. The summed E-state index contributed by atoms with van der Waals surface area (Å²) < 4.78 is 0. The summed E-state index contributed by atoms with van der Waals surface area (Å²) >= 11 is 6.14. The van der Waals surface area contributed by atoms with Gasteiger partial charge < -0.3 is 26.0 Å². The summed E-state index contributed by atoms with van der Waals surface area (Å²) in [7, 11) is 0. The first kappa shape index (κ1) is 24.6. The summed E-state index contributed by atoms with van der Waals surface area (Å²) in [4.78, 5) is 12.4. The van der Waals surface area contributed by atoms with Crippen molar-refractivity contribution in [1.29, 1.82) is 0 Å². The van der Waals surface area contributed by atoms with E-state index in [0.717, 1.165) is 16.7 Å². The lowest BCUT2D eigenvalue weighted by Crippen LogP contribution is -2.32. The number of aliphatic hydroxyl groups excluding tert-OH is 1. The number of hydrogen-bond donors (Lipinski definition) is 5. The summed E-state index contributed by atoms with van der Waals surface area (Å²) in [6.45, 7) is 2.67. The van der Waals surface area contributed by atoms with Gasteiger partial charge >= 0.3 is 0 Å². The standard InChI is InChI=1S/C26H29ClN2O4/c1-17(28-16-25(32)21-12-22(30)14-23(31)13-21)9-18-5-4-6-19(10-18)11-26(33)29-15-20-7-2-3-8-24(20)27/h2-8,10,12-14,17,25,28,30-32H,9,11,15-16H2,1H3,(H,29,33). The maximum Gasteiger partial charge on any atom is 0.224 e. The van der Waals surface area contributed by atoms with Crippen LogP contribution in [0.25, 0.3) is 0 Å². The highest BCUT2D eigenvalue weighted by Gasteiger charge is 2.13. The molecule has 1 amide bonds. The SMILES string of the molecule is CC(Cc1cccc(CC(=O)NCc2ccccc2Cl)c1)NCC(O)c1cc(O)cc(O)c1. The quantitative estimate of drug-likeness (QED) is 0.311. The van der Waals surface area contributed by atoms with Crippen LogP contribution in [0.2, 0.25) is 5.02 Å². The molecule has 0 spiro atoms. The molecular formula is C26H29ClN2O4. The molecule has 7 heteroatoms. The number of nitrogens with one attached hydrogen (secondary N) is 2. The van der Waals surface area contributed by atoms with E-state index in [-0.39, 0.29) is 36.4 Å². The van der Waals surface area contributed by atoms with Gasteiger partial charge in [0.15, 0.2) is 0 Å². The molecule has 174 valence electrons. The number of phenols is 2. The minimum absolute atomic E-state index is 0.0647. The van der Waals surface area contributed by atoms with Gasteiger partial charge in [-0.1, -0.05) is 54.1 Å². The lowest BCUT2D eigenvalue weighted by atomic mass is 10.0. The van der Waals surface area contributed by atoms with Gasteiger partial charge in [0.25, 0.3) is 0 Å². The Hall–Kier alpha value is -3.06. The first-order chi connectivity index (χ1) is 15.8. The summed E-state index contributed by atoms with van der Waals surface area (Å²) in [5, 5.41) is 36.3. The third-order valence-electron chi connectivity index (χ3n) is 5.30. The third kappa shape index (κ3) is 7.79. The lowest BCUT2D eigenvalue weighted by molar-refractivity contribution is -0.120. The van der Waals surface area contributed by atoms with Gasteiger partial charge in [-0.25, -0.2) is 0 Å². The number of carbonyl (C=O) groups excluding carboxylic acids is 1. The molecule has 0 saturated carbocycles. The van der Waals surface area contributed by atoms with Crippen LogP contribution in [0.15, 0.2) is 66.7 Å². The fourth-order valence-electron chi connectivity index (χ4n) is 3.62. The van der Waals surface area contributed by atoms with Gasteiger partial charge in [0.1, 0.15) is 11.5 Å². The van der Waals surface area contributed by atoms with Crippen LogP contribution in [0.3, 0.4) is 0 Å². The predicted molar refractivity (Wildman–Crippen MR) is 129 cm³/mol. The van der Waals surface area contributed by atoms with Gasteiger partial charge in [-0.05, 0) is 53.8 Å². The molecule has 3 rings (SSSR count). The normalized spacial score (nSPS) is 12.8. The zero-order chi connectivity index (χ0) is 23.8. The largest absolute Gasteiger partial charge is 0.508 e. The van der Waals surface area contributed by atoms with Crippen molar-refractivity contribution in [3.8, 4) is 11.5 Å². The molecule has 0 saturated heterocycles. The predicted octanol–water partition coefficient (Wildman–Crippen LogP) is 3.86. The van der Waals surface area contributed by atoms with E-state index in [1.807, 2.05) is 49.4 Å². The van der Waals surface area contributed by atoms with E-state index in [1.165, 1.54) is 18.2 Å². The van der Waals surface area contributed by atoms with E-state index in [0.29, 0.717) is 23.6 Å². The number of aliphatic hydroxyl groups is 1. The van der Waals surface area contributed by atoms with Crippen LogP contribution in [0.1, 0.15) is 35.3 Å². The van der Waals surface area contributed by atoms with Crippen molar-refractivity contribution in [3.05, 3.63) is 94.0 Å². The Morgan fingerprint density at radius 3 is 2.39 bits per heavy atom. The maximum absolute atomic E-state index is 12.4. The highest BCUT2D eigenvalue weighted by Crippen LogP contribution is 2.24. The van der Waals surface area contributed by atoms with Crippen LogP contribution in [0.4, 0.5) is 0 Å². The molecule has 2 atom stereocenters. The monoisotopic (exact) mass is 468 g/mol. The number of carbonyl (C=O) groups is 1. The van der Waals surface area contributed by atoms with E-state index < -0.39 is 6.10 Å². The minimum atomic E-state index is -0.862. The highest BCUT2D eigenvalue weighted by molar-refractivity contribution is 6.31. The molecule has 5 N–H and O–H groups in total. The van der Waals surface area contributed by atoms with E-state index in [1.54, 1.807) is 6.07 Å². The van der Waals surface area contributed by atoms with Crippen LogP contribution in [0, 0.1) is 0 Å². The first-order valence-electron chi connectivity index (χ1n) is 10.8. The van der Waals surface area contributed by atoms with Gasteiger partial charge in [-0.15, -0.1) is 0 Å². The van der Waals surface area contributed by atoms with Gasteiger partial charge in [0, 0.05) is 30.2 Å². The number of hydrogen-bond acceptors (Lipinski definition) is 5. The molecule has 6 nitrogen and oxygen atoms in total. The maximum atomic E-state index is 12.4. The Kier molecular flexibility index (Phi) is 8.72. The van der Waals surface area contributed by atoms with Gasteiger partial charge in [0.05, 0.1) is 12.5 Å². The molecule has 0 heterocycles. The molecule has 0 radical (unpaired) electrons. The van der Waals surface area contributed by atoms with Crippen LogP contribution in [0.5, 0.6) is 11.5 Å². The van der Waals surface area contributed by atoms with Crippen molar-refractivity contribution >= 4 is 17.5 Å². The molecule has 0 aliphatic carbocycles. The number of amides is 1. The molecule has 3 aromatic rings. The molecule has 33 heavy (non-hydrogen) atoms. The Balaban J connectivity index is 1.48. The second kappa shape index (κ2) is 11.7. The van der Waals surface area contributed by atoms with Gasteiger partial charge in [0.2, 0.25) is 5.91 Å². The topological polar surface area (TPSA) is 102 Å². The average molecular weight is 469 g/mol. The Bertz CT molecular complexity index is 1070. The van der Waals surface area contributed by atoms with E-state index in [9.17, 15) is 20.1 Å². The summed E-state index contributed by atoms with van der Waals surface area (Å²) in [5.74, 6) is -0.259. The van der Waals surface area contributed by atoms with Crippen LogP contribution in [-0.2, 0) is 24.2 Å². The van der Waals surface area contributed by atoms with E-state index in [2.05, 4.69) is 10.6 Å². The zero-order valence-corrected chi connectivity index (χ0v) is 19.2. The Morgan fingerprint density at radius 2 is 1.67 bits per heavy atom. The molecule has 0 fully saturated rings. The summed E-state index contributed by atoms with van der Waals surface area (Å²) in [6, 6.07) is 19.4.